The molecule has 0 fully saturated rings. The van der Waals surface area contributed by atoms with E-state index in [0.29, 0.717) is 12.4 Å². The molecule has 2 N–H and O–H groups in total. The van der Waals surface area contributed by atoms with E-state index < -0.39 is 4.92 Å². The summed E-state index contributed by atoms with van der Waals surface area (Å²) in [4.78, 5) is 23.1. The Bertz CT molecular complexity index is 887. The smallest absolute Gasteiger partial charge is 0.353 e. The molecule has 1 aromatic carbocycles. The van der Waals surface area contributed by atoms with Gasteiger partial charge in [-0.3, -0.25) is 10.1 Å². The van der Waals surface area contributed by atoms with Gasteiger partial charge in [0, 0.05) is 12.7 Å². The molecule has 26 heavy (non-hydrogen) atoms. The molecule has 0 aliphatic carbocycles. The number of methoxy groups -OCH3 is 1. The number of nitro groups is 1. The Hall–Kier alpha value is -3.75. The molecule has 0 spiro atoms. The monoisotopic (exact) mass is 352 g/mol. The summed E-state index contributed by atoms with van der Waals surface area (Å²) in [6, 6.07) is 12.6. The van der Waals surface area contributed by atoms with Crippen molar-refractivity contribution in [1.82, 2.24) is 15.0 Å². The zero-order valence-corrected chi connectivity index (χ0v) is 13.9. The maximum absolute atomic E-state index is 11.5. The van der Waals surface area contributed by atoms with E-state index in [1.54, 1.807) is 31.5 Å². The molecule has 0 unspecified atom stereocenters. The fraction of sp³-hybridized carbons (Fsp3) is 0.118. The molecular weight excluding hydrogens is 336 g/mol. The molecule has 2 heterocycles. The number of hydrogen-bond acceptors (Lipinski definition) is 8. The van der Waals surface area contributed by atoms with E-state index in [4.69, 9.17) is 4.74 Å². The van der Waals surface area contributed by atoms with E-state index in [0.717, 1.165) is 11.3 Å². The lowest BCUT2D eigenvalue weighted by Crippen LogP contribution is -2.08. The van der Waals surface area contributed by atoms with Crippen molar-refractivity contribution in [1.29, 1.82) is 0 Å². The van der Waals surface area contributed by atoms with Gasteiger partial charge in [0.05, 0.1) is 12.0 Å². The van der Waals surface area contributed by atoms with Crippen molar-refractivity contribution in [2.45, 2.75) is 6.54 Å². The van der Waals surface area contributed by atoms with Gasteiger partial charge in [0.1, 0.15) is 17.9 Å². The summed E-state index contributed by atoms with van der Waals surface area (Å²) in [5.41, 5.74) is 0.685. The van der Waals surface area contributed by atoms with Crippen LogP contribution in [0.25, 0.3) is 0 Å². The number of hydrogen-bond donors (Lipinski definition) is 2. The second kappa shape index (κ2) is 7.88. The van der Waals surface area contributed by atoms with Crippen molar-refractivity contribution in [3.05, 3.63) is 70.7 Å². The topological polar surface area (TPSA) is 115 Å². The van der Waals surface area contributed by atoms with E-state index in [1.807, 2.05) is 24.3 Å². The zero-order valence-electron chi connectivity index (χ0n) is 13.9. The van der Waals surface area contributed by atoms with Crippen LogP contribution >= 0.6 is 0 Å². The first-order valence-corrected chi connectivity index (χ1v) is 7.71. The number of rotatable bonds is 7. The highest BCUT2D eigenvalue weighted by atomic mass is 16.6. The van der Waals surface area contributed by atoms with Crippen LogP contribution in [0, 0.1) is 10.1 Å². The van der Waals surface area contributed by atoms with Gasteiger partial charge < -0.3 is 15.4 Å². The molecule has 132 valence electrons. The molecule has 9 nitrogen and oxygen atoms in total. The molecule has 0 aliphatic heterocycles. The summed E-state index contributed by atoms with van der Waals surface area (Å²) in [6.07, 6.45) is 2.84. The third-order valence-electron chi connectivity index (χ3n) is 3.54. The van der Waals surface area contributed by atoms with Crippen molar-refractivity contribution in [3.8, 4) is 5.75 Å². The standard InChI is InChI=1S/C17H16N6O3/c1-26-13-7-5-12(6-8-13)10-19-16-15(23(24)25)17(21-11-20-16)22-14-4-2-3-9-18-14/h2-9,11H,10H2,1H3,(H2,18,19,20,21,22). The predicted molar refractivity (Wildman–Crippen MR) is 96.5 cm³/mol. The van der Waals surface area contributed by atoms with Crippen LogP contribution in [0.15, 0.2) is 55.0 Å². The number of benzene rings is 1. The molecule has 3 rings (SSSR count). The quantitative estimate of drug-likeness (QED) is 0.492. The van der Waals surface area contributed by atoms with Crippen LogP contribution in [0.2, 0.25) is 0 Å². The van der Waals surface area contributed by atoms with Gasteiger partial charge in [0.15, 0.2) is 0 Å². The highest BCUT2D eigenvalue weighted by Gasteiger charge is 2.23. The van der Waals surface area contributed by atoms with Gasteiger partial charge in [0.2, 0.25) is 11.6 Å². The van der Waals surface area contributed by atoms with E-state index in [2.05, 4.69) is 25.6 Å². The van der Waals surface area contributed by atoms with Gasteiger partial charge in [-0.15, -0.1) is 0 Å². The maximum atomic E-state index is 11.5. The fourth-order valence-electron chi connectivity index (χ4n) is 2.26. The minimum Gasteiger partial charge on any atom is -0.497 e. The van der Waals surface area contributed by atoms with Crippen molar-refractivity contribution < 1.29 is 9.66 Å². The Morgan fingerprint density at radius 3 is 2.50 bits per heavy atom. The predicted octanol–water partition coefficient (Wildman–Crippen LogP) is 3.14. The molecule has 0 radical (unpaired) electrons. The van der Waals surface area contributed by atoms with Crippen molar-refractivity contribution in [2.75, 3.05) is 17.7 Å². The van der Waals surface area contributed by atoms with E-state index >= 15 is 0 Å². The van der Waals surface area contributed by atoms with Gasteiger partial charge in [-0.2, -0.15) is 0 Å². The largest absolute Gasteiger partial charge is 0.497 e. The Labute approximate surface area is 149 Å². The van der Waals surface area contributed by atoms with Crippen LogP contribution in [-0.2, 0) is 6.54 Å². The van der Waals surface area contributed by atoms with Crippen molar-refractivity contribution in [2.24, 2.45) is 0 Å². The van der Waals surface area contributed by atoms with Crippen LogP contribution in [0.1, 0.15) is 5.56 Å². The molecule has 0 atom stereocenters. The second-order valence-electron chi connectivity index (χ2n) is 5.22. The second-order valence-corrected chi connectivity index (χ2v) is 5.22. The average molecular weight is 352 g/mol. The minimum atomic E-state index is -0.526. The highest BCUT2D eigenvalue weighted by Crippen LogP contribution is 2.30. The summed E-state index contributed by atoms with van der Waals surface area (Å²) >= 11 is 0. The first-order valence-electron chi connectivity index (χ1n) is 7.71. The number of anilines is 3. The lowest BCUT2D eigenvalue weighted by molar-refractivity contribution is -0.383. The third kappa shape index (κ3) is 4.01. The Kier molecular flexibility index (Phi) is 5.18. The van der Waals surface area contributed by atoms with Crippen LogP contribution in [0.3, 0.4) is 0 Å². The first kappa shape index (κ1) is 17.1. The summed E-state index contributed by atoms with van der Waals surface area (Å²) in [5, 5.41) is 17.4. The number of aromatic nitrogens is 3. The minimum absolute atomic E-state index is 0.0703. The highest BCUT2D eigenvalue weighted by molar-refractivity contribution is 5.72. The average Bonchev–Trinajstić information content (AvgIpc) is 2.67. The SMILES string of the molecule is COc1ccc(CNc2ncnc(Nc3ccccn3)c2[N+](=O)[O-])cc1. The number of ether oxygens (including phenoxy) is 1. The molecule has 9 heteroatoms. The van der Waals surface area contributed by atoms with E-state index in [1.165, 1.54) is 6.33 Å². The van der Waals surface area contributed by atoms with E-state index in [-0.39, 0.29) is 17.3 Å². The molecule has 2 aromatic heterocycles. The number of nitrogens with one attached hydrogen (secondary N) is 2. The third-order valence-corrected chi connectivity index (χ3v) is 3.54. The molecule has 0 saturated carbocycles. The van der Waals surface area contributed by atoms with Gasteiger partial charge in [-0.05, 0) is 29.8 Å². The molecule has 0 bridgehead atoms. The van der Waals surface area contributed by atoms with Crippen LogP contribution in [0.4, 0.5) is 23.1 Å². The van der Waals surface area contributed by atoms with Crippen LogP contribution in [-0.4, -0.2) is 27.0 Å². The van der Waals surface area contributed by atoms with Crippen LogP contribution < -0.4 is 15.4 Å². The van der Waals surface area contributed by atoms with Crippen LogP contribution in [0.5, 0.6) is 5.75 Å². The Balaban J connectivity index is 1.82. The van der Waals surface area contributed by atoms with Crippen molar-refractivity contribution >= 4 is 23.1 Å². The van der Waals surface area contributed by atoms with Gasteiger partial charge in [-0.1, -0.05) is 18.2 Å². The fourth-order valence-corrected chi connectivity index (χ4v) is 2.26. The van der Waals surface area contributed by atoms with Gasteiger partial charge in [-0.25, -0.2) is 15.0 Å². The molecule has 0 aliphatic rings. The molecule has 0 saturated heterocycles. The summed E-state index contributed by atoms with van der Waals surface area (Å²) < 4.78 is 5.11. The number of nitrogens with zero attached hydrogens (tertiary/aromatic N) is 4. The summed E-state index contributed by atoms with van der Waals surface area (Å²) in [7, 11) is 1.59. The van der Waals surface area contributed by atoms with E-state index in [9.17, 15) is 10.1 Å². The summed E-state index contributed by atoms with van der Waals surface area (Å²) in [5.74, 6) is 1.39. The zero-order chi connectivity index (χ0) is 18.4. The maximum Gasteiger partial charge on any atom is 0.353 e. The molecule has 3 aromatic rings. The normalized spacial score (nSPS) is 10.2. The lowest BCUT2D eigenvalue weighted by Gasteiger charge is -2.10. The molecular formula is C17H16N6O3. The van der Waals surface area contributed by atoms with Gasteiger partial charge in [0.25, 0.3) is 0 Å². The molecule has 0 amide bonds. The Morgan fingerprint density at radius 2 is 1.85 bits per heavy atom. The lowest BCUT2D eigenvalue weighted by atomic mass is 10.2. The Morgan fingerprint density at radius 1 is 1.08 bits per heavy atom. The summed E-state index contributed by atoms with van der Waals surface area (Å²) in [6.45, 7) is 0.366. The van der Waals surface area contributed by atoms with Crippen molar-refractivity contribution in [3.63, 3.8) is 0 Å². The van der Waals surface area contributed by atoms with Gasteiger partial charge >= 0.3 is 5.69 Å². The first-order chi connectivity index (χ1) is 12.7. The number of pyridine rings is 1.